The number of carbonyl (C=O) groups excluding carboxylic acids is 2. The maximum Gasteiger partial charge on any atom is 0.303 e. The summed E-state index contributed by atoms with van der Waals surface area (Å²) in [5.74, 6) is -1.32. The van der Waals surface area contributed by atoms with Crippen molar-refractivity contribution in [2.24, 2.45) is 0 Å². The van der Waals surface area contributed by atoms with E-state index in [4.69, 9.17) is 5.11 Å². The summed E-state index contributed by atoms with van der Waals surface area (Å²) < 4.78 is 0. The fourth-order valence-corrected chi connectivity index (χ4v) is 2.02. The van der Waals surface area contributed by atoms with Gasteiger partial charge in [0.25, 0.3) is 0 Å². The number of Topliss-reactive ketones (excluding diaryl/α,β-unsaturated/α-hetero) is 1. The Morgan fingerprint density at radius 2 is 1.80 bits per heavy atom. The number of aliphatic carboxylic acids is 1. The second kappa shape index (κ2) is 6.13. The van der Waals surface area contributed by atoms with Gasteiger partial charge in [-0.3, -0.25) is 14.4 Å². The van der Waals surface area contributed by atoms with Crippen LogP contribution >= 0.6 is 0 Å². The number of allylic oxidation sites excluding steroid dienone is 4. The van der Waals surface area contributed by atoms with Crippen LogP contribution in [0.2, 0.25) is 0 Å². The zero-order chi connectivity index (χ0) is 15.5. The predicted molar refractivity (Wildman–Crippen MR) is 73.2 cm³/mol. The minimum absolute atomic E-state index is 0.117. The topological polar surface area (TPSA) is 91.7 Å². The number of ketones is 2. The molecule has 0 heterocycles. The van der Waals surface area contributed by atoms with Crippen molar-refractivity contribution < 1.29 is 24.6 Å². The van der Waals surface area contributed by atoms with Crippen molar-refractivity contribution in [3.8, 4) is 0 Å². The van der Waals surface area contributed by atoms with Gasteiger partial charge >= 0.3 is 5.97 Å². The van der Waals surface area contributed by atoms with E-state index in [-0.39, 0.29) is 37.2 Å². The molecule has 0 fully saturated rings. The van der Waals surface area contributed by atoms with Crippen molar-refractivity contribution in [2.45, 2.75) is 52.1 Å². The molecule has 0 saturated carbocycles. The van der Waals surface area contributed by atoms with Gasteiger partial charge in [-0.15, -0.1) is 0 Å². The smallest absolute Gasteiger partial charge is 0.303 e. The molecule has 5 nitrogen and oxygen atoms in total. The molecule has 1 atom stereocenters. The zero-order valence-electron chi connectivity index (χ0n) is 12.0. The molecule has 0 spiro atoms. The van der Waals surface area contributed by atoms with Crippen LogP contribution in [0.15, 0.2) is 22.8 Å². The maximum atomic E-state index is 12.0. The fourth-order valence-electron chi connectivity index (χ4n) is 2.02. The van der Waals surface area contributed by atoms with E-state index in [1.54, 1.807) is 20.8 Å². The first kappa shape index (κ1) is 16.3. The summed E-state index contributed by atoms with van der Waals surface area (Å²) in [5, 5.41) is 18.7. The molecule has 0 amide bonds. The molecule has 1 rings (SSSR count). The molecule has 0 bridgehead atoms. The van der Waals surface area contributed by atoms with Crippen LogP contribution in [0.1, 0.15) is 46.5 Å². The standard InChI is InChI=1S/C15H20O5/c1-9-10(2)14(19)11(8-12(9)16)4-6-15(3,20)7-5-13(17)18/h8,20H,4-7H2,1-3H3,(H,17,18). The molecule has 0 radical (unpaired) electrons. The first-order chi connectivity index (χ1) is 9.14. The van der Waals surface area contributed by atoms with Crippen LogP contribution < -0.4 is 0 Å². The summed E-state index contributed by atoms with van der Waals surface area (Å²) >= 11 is 0. The maximum absolute atomic E-state index is 12.0. The summed E-state index contributed by atoms with van der Waals surface area (Å²) in [7, 11) is 0. The third kappa shape index (κ3) is 4.13. The molecule has 0 aromatic heterocycles. The van der Waals surface area contributed by atoms with Crippen molar-refractivity contribution in [3.05, 3.63) is 22.8 Å². The average Bonchev–Trinajstić information content (AvgIpc) is 2.37. The predicted octanol–water partition coefficient (Wildman–Crippen LogP) is 1.80. The number of rotatable bonds is 6. The molecule has 0 aromatic carbocycles. The van der Waals surface area contributed by atoms with Crippen LogP contribution in [0.4, 0.5) is 0 Å². The quantitative estimate of drug-likeness (QED) is 0.724. The molecule has 1 aliphatic rings. The largest absolute Gasteiger partial charge is 0.481 e. The summed E-state index contributed by atoms with van der Waals surface area (Å²) in [5.41, 5.74) is 0.120. The van der Waals surface area contributed by atoms with E-state index < -0.39 is 11.6 Å². The average molecular weight is 280 g/mol. The lowest BCUT2D eigenvalue weighted by molar-refractivity contribution is -0.138. The molecule has 5 heteroatoms. The first-order valence-corrected chi connectivity index (χ1v) is 6.55. The van der Waals surface area contributed by atoms with E-state index in [0.29, 0.717) is 16.7 Å². The van der Waals surface area contributed by atoms with Gasteiger partial charge in [-0.1, -0.05) is 0 Å². The number of carbonyl (C=O) groups is 3. The second-order valence-electron chi connectivity index (χ2n) is 5.50. The Bertz CT molecular complexity index is 508. The summed E-state index contributed by atoms with van der Waals surface area (Å²) in [6.07, 6.45) is 1.82. The normalized spacial score (nSPS) is 18.9. The minimum Gasteiger partial charge on any atom is -0.481 e. The molecule has 0 aromatic rings. The molecule has 1 unspecified atom stereocenters. The van der Waals surface area contributed by atoms with Crippen LogP contribution in [0.25, 0.3) is 0 Å². The van der Waals surface area contributed by atoms with Gasteiger partial charge < -0.3 is 10.2 Å². The monoisotopic (exact) mass is 280 g/mol. The van der Waals surface area contributed by atoms with E-state index in [1.807, 2.05) is 0 Å². The van der Waals surface area contributed by atoms with Crippen LogP contribution in [0.5, 0.6) is 0 Å². The van der Waals surface area contributed by atoms with Gasteiger partial charge in [-0.05, 0) is 46.1 Å². The van der Waals surface area contributed by atoms with Gasteiger partial charge in [0.15, 0.2) is 11.6 Å². The summed E-state index contributed by atoms with van der Waals surface area (Å²) in [6.45, 7) is 4.77. The van der Waals surface area contributed by atoms with Crippen molar-refractivity contribution in [1.82, 2.24) is 0 Å². The lowest BCUT2D eigenvalue weighted by Gasteiger charge is -2.23. The highest BCUT2D eigenvalue weighted by atomic mass is 16.4. The lowest BCUT2D eigenvalue weighted by Crippen LogP contribution is -2.26. The van der Waals surface area contributed by atoms with Crippen LogP contribution in [0.3, 0.4) is 0 Å². The van der Waals surface area contributed by atoms with E-state index in [1.165, 1.54) is 6.08 Å². The Balaban J connectivity index is 2.66. The van der Waals surface area contributed by atoms with Crippen molar-refractivity contribution in [3.63, 3.8) is 0 Å². The Kier molecular flexibility index (Phi) is 5.00. The molecular formula is C15H20O5. The van der Waals surface area contributed by atoms with Crippen LogP contribution in [0, 0.1) is 0 Å². The second-order valence-corrected chi connectivity index (χ2v) is 5.50. The van der Waals surface area contributed by atoms with E-state index in [2.05, 4.69) is 0 Å². The van der Waals surface area contributed by atoms with Crippen molar-refractivity contribution in [2.75, 3.05) is 0 Å². The summed E-state index contributed by atoms with van der Waals surface area (Å²) in [4.78, 5) is 34.2. The molecule has 20 heavy (non-hydrogen) atoms. The Morgan fingerprint density at radius 3 is 2.35 bits per heavy atom. The third-order valence-electron chi connectivity index (χ3n) is 3.68. The molecular weight excluding hydrogens is 260 g/mol. The molecule has 1 aliphatic carbocycles. The number of carboxylic acid groups (broad SMARTS) is 1. The van der Waals surface area contributed by atoms with Crippen molar-refractivity contribution >= 4 is 17.5 Å². The highest BCUT2D eigenvalue weighted by Gasteiger charge is 2.26. The lowest BCUT2D eigenvalue weighted by atomic mass is 9.85. The van der Waals surface area contributed by atoms with Crippen LogP contribution in [-0.4, -0.2) is 33.3 Å². The third-order valence-corrected chi connectivity index (χ3v) is 3.68. The van der Waals surface area contributed by atoms with E-state index in [0.717, 1.165) is 0 Å². The Morgan fingerprint density at radius 1 is 1.20 bits per heavy atom. The minimum atomic E-state index is -1.16. The SMILES string of the molecule is CC1=C(C)C(=O)C(CCC(C)(O)CCC(=O)O)=CC1=O. The Labute approximate surface area is 118 Å². The van der Waals surface area contributed by atoms with Gasteiger partial charge in [0.05, 0.1) is 5.60 Å². The van der Waals surface area contributed by atoms with Gasteiger partial charge in [-0.2, -0.15) is 0 Å². The fraction of sp³-hybridized carbons (Fsp3) is 0.533. The molecule has 0 aliphatic heterocycles. The van der Waals surface area contributed by atoms with Gasteiger partial charge in [0.1, 0.15) is 0 Å². The van der Waals surface area contributed by atoms with Gasteiger partial charge in [-0.25, -0.2) is 0 Å². The van der Waals surface area contributed by atoms with Gasteiger partial charge in [0.2, 0.25) is 0 Å². The number of hydrogen-bond acceptors (Lipinski definition) is 4. The van der Waals surface area contributed by atoms with Crippen LogP contribution in [-0.2, 0) is 14.4 Å². The Hall–Kier alpha value is -1.75. The highest BCUT2D eigenvalue weighted by Crippen LogP contribution is 2.26. The molecule has 0 saturated heterocycles. The number of carboxylic acids is 1. The van der Waals surface area contributed by atoms with Crippen molar-refractivity contribution in [1.29, 1.82) is 0 Å². The number of aliphatic hydroxyl groups is 1. The molecule has 2 N–H and O–H groups in total. The summed E-state index contributed by atoms with van der Waals surface area (Å²) in [6, 6.07) is 0. The molecule has 110 valence electrons. The van der Waals surface area contributed by atoms with E-state index >= 15 is 0 Å². The highest BCUT2D eigenvalue weighted by molar-refractivity contribution is 6.22. The zero-order valence-corrected chi connectivity index (χ0v) is 12.0. The van der Waals surface area contributed by atoms with Gasteiger partial charge in [0, 0.05) is 23.1 Å². The van der Waals surface area contributed by atoms with E-state index in [9.17, 15) is 19.5 Å². The number of hydrogen-bond donors (Lipinski definition) is 2. The first-order valence-electron chi connectivity index (χ1n) is 6.55.